The van der Waals surface area contributed by atoms with E-state index < -0.39 is 5.92 Å². The van der Waals surface area contributed by atoms with Crippen LogP contribution in [0.1, 0.15) is 31.5 Å². The van der Waals surface area contributed by atoms with E-state index in [-0.39, 0.29) is 18.6 Å². The maximum atomic E-state index is 11.5. The molecule has 0 aliphatic rings. The summed E-state index contributed by atoms with van der Waals surface area (Å²) >= 11 is 0. The third-order valence-electron chi connectivity index (χ3n) is 2.27. The second-order valence-corrected chi connectivity index (χ2v) is 3.61. The fourth-order valence-electron chi connectivity index (χ4n) is 1.51. The summed E-state index contributed by atoms with van der Waals surface area (Å²) in [5.41, 5.74) is 6.37. The van der Waals surface area contributed by atoms with Gasteiger partial charge in [-0.3, -0.25) is 9.48 Å². The summed E-state index contributed by atoms with van der Waals surface area (Å²) in [5.74, 6) is -0.750. The summed E-state index contributed by atoms with van der Waals surface area (Å²) < 4.78 is 6.49. The van der Waals surface area contributed by atoms with Crippen molar-refractivity contribution in [1.29, 1.82) is 0 Å². The van der Waals surface area contributed by atoms with Gasteiger partial charge in [-0.25, -0.2) is 0 Å². The summed E-state index contributed by atoms with van der Waals surface area (Å²) in [4.78, 5) is 11.5. The van der Waals surface area contributed by atoms with Crippen molar-refractivity contribution in [3.8, 4) is 0 Å². The van der Waals surface area contributed by atoms with Crippen LogP contribution in [0.4, 0.5) is 0 Å². The van der Waals surface area contributed by atoms with Crippen LogP contribution in [0.3, 0.4) is 0 Å². The van der Waals surface area contributed by atoms with Gasteiger partial charge in [0.1, 0.15) is 5.92 Å². The molecule has 0 fully saturated rings. The number of esters is 1. The third kappa shape index (κ3) is 2.36. The molecule has 0 radical (unpaired) electrons. The SMILES string of the molecule is COC(=O)C(CN)c1ccnn1C(C)C. The highest BCUT2D eigenvalue weighted by molar-refractivity contribution is 5.77. The minimum absolute atomic E-state index is 0.203. The smallest absolute Gasteiger partial charge is 0.316 e. The minimum Gasteiger partial charge on any atom is -0.468 e. The number of nitrogens with two attached hydrogens (primary N) is 1. The number of nitrogens with zero attached hydrogens (tertiary/aromatic N) is 2. The second-order valence-electron chi connectivity index (χ2n) is 3.61. The molecule has 0 amide bonds. The number of carbonyl (C=O) groups excluding carboxylic acids is 1. The highest BCUT2D eigenvalue weighted by Gasteiger charge is 2.24. The Morgan fingerprint density at radius 2 is 2.33 bits per heavy atom. The molecule has 1 unspecified atom stereocenters. The molecule has 1 heterocycles. The Kier molecular flexibility index (Phi) is 3.85. The zero-order valence-electron chi connectivity index (χ0n) is 9.30. The predicted octanol–water partition coefficient (Wildman–Crippen LogP) is 0.679. The fraction of sp³-hybridized carbons (Fsp3) is 0.600. The van der Waals surface area contributed by atoms with Gasteiger partial charge in [-0.2, -0.15) is 5.10 Å². The summed E-state index contributed by atoms with van der Waals surface area (Å²) in [6.45, 7) is 4.23. The lowest BCUT2D eigenvalue weighted by Crippen LogP contribution is -2.26. The van der Waals surface area contributed by atoms with E-state index in [9.17, 15) is 4.79 Å². The van der Waals surface area contributed by atoms with E-state index in [1.165, 1.54) is 7.11 Å². The Bertz CT molecular complexity index is 333. The molecule has 5 heteroatoms. The largest absolute Gasteiger partial charge is 0.468 e. The van der Waals surface area contributed by atoms with E-state index in [0.717, 1.165) is 5.69 Å². The van der Waals surface area contributed by atoms with Gasteiger partial charge < -0.3 is 10.5 Å². The standard InChI is InChI=1S/C10H17N3O2/c1-7(2)13-9(4-5-12-13)8(6-11)10(14)15-3/h4-5,7-8H,6,11H2,1-3H3. The first kappa shape index (κ1) is 11.7. The maximum Gasteiger partial charge on any atom is 0.316 e. The van der Waals surface area contributed by atoms with Crippen LogP contribution in [0, 0.1) is 0 Å². The first-order chi connectivity index (χ1) is 7.11. The Morgan fingerprint density at radius 1 is 1.67 bits per heavy atom. The molecule has 0 saturated carbocycles. The van der Waals surface area contributed by atoms with E-state index in [1.54, 1.807) is 16.9 Å². The summed E-state index contributed by atoms with van der Waals surface area (Å²) in [6.07, 6.45) is 1.67. The third-order valence-corrected chi connectivity index (χ3v) is 2.27. The number of hydrogen-bond acceptors (Lipinski definition) is 4. The highest BCUT2D eigenvalue weighted by Crippen LogP contribution is 2.18. The average molecular weight is 211 g/mol. The van der Waals surface area contributed by atoms with Gasteiger partial charge >= 0.3 is 5.97 Å². The lowest BCUT2D eigenvalue weighted by atomic mass is 10.1. The molecule has 0 aromatic carbocycles. The molecule has 1 rings (SSSR count). The first-order valence-corrected chi connectivity index (χ1v) is 4.93. The first-order valence-electron chi connectivity index (χ1n) is 4.93. The van der Waals surface area contributed by atoms with Crippen molar-refractivity contribution in [2.24, 2.45) is 5.73 Å². The molecule has 1 atom stereocenters. The lowest BCUT2D eigenvalue weighted by Gasteiger charge is -2.16. The summed E-state index contributed by atoms with van der Waals surface area (Å²) in [7, 11) is 1.36. The lowest BCUT2D eigenvalue weighted by molar-refractivity contribution is -0.142. The van der Waals surface area contributed by atoms with Crippen molar-refractivity contribution in [3.63, 3.8) is 0 Å². The molecule has 1 aromatic rings. The van der Waals surface area contributed by atoms with Gasteiger partial charge in [0.2, 0.25) is 0 Å². The van der Waals surface area contributed by atoms with Gasteiger partial charge in [0.05, 0.1) is 12.8 Å². The number of ether oxygens (including phenoxy) is 1. The Morgan fingerprint density at radius 3 is 2.80 bits per heavy atom. The monoisotopic (exact) mass is 211 g/mol. The maximum absolute atomic E-state index is 11.5. The average Bonchev–Trinajstić information content (AvgIpc) is 2.67. The number of methoxy groups -OCH3 is 1. The quantitative estimate of drug-likeness (QED) is 0.743. The molecule has 0 aliphatic carbocycles. The molecule has 0 spiro atoms. The van der Waals surface area contributed by atoms with Gasteiger partial charge in [0.15, 0.2) is 0 Å². The van der Waals surface area contributed by atoms with Crippen LogP contribution in [-0.4, -0.2) is 29.4 Å². The Hall–Kier alpha value is -1.36. The van der Waals surface area contributed by atoms with E-state index >= 15 is 0 Å². The Balaban J connectivity index is 3.01. The molecular weight excluding hydrogens is 194 g/mol. The number of hydrogen-bond donors (Lipinski definition) is 1. The fourth-order valence-corrected chi connectivity index (χ4v) is 1.51. The molecule has 15 heavy (non-hydrogen) atoms. The van der Waals surface area contributed by atoms with E-state index in [0.29, 0.717) is 0 Å². The minimum atomic E-state index is -0.431. The van der Waals surface area contributed by atoms with Crippen LogP contribution >= 0.6 is 0 Å². The zero-order chi connectivity index (χ0) is 11.4. The van der Waals surface area contributed by atoms with Crippen molar-refractivity contribution in [3.05, 3.63) is 18.0 Å². The number of aromatic nitrogens is 2. The molecular formula is C10H17N3O2. The molecule has 1 aromatic heterocycles. The van der Waals surface area contributed by atoms with Crippen LogP contribution in [0.15, 0.2) is 12.3 Å². The van der Waals surface area contributed by atoms with Crippen molar-refractivity contribution in [2.45, 2.75) is 25.8 Å². The van der Waals surface area contributed by atoms with Crippen LogP contribution in [0.25, 0.3) is 0 Å². The molecule has 0 bridgehead atoms. The zero-order valence-corrected chi connectivity index (χ0v) is 9.30. The topological polar surface area (TPSA) is 70.1 Å². The van der Waals surface area contributed by atoms with Gasteiger partial charge in [-0.15, -0.1) is 0 Å². The normalized spacial score (nSPS) is 12.9. The van der Waals surface area contributed by atoms with E-state index in [1.807, 2.05) is 13.8 Å². The predicted molar refractivity (Wildman–Crippen MR) is 56.4 cm³/mol. The van der Waals surface area contributed by atoms with Crippen molar-refractivity contribution in [1.82, 2.24) is 9.78 Å². The van der Waals surface area contributed by atoms with Crippen molar-refractivity contribution < 1.29 is 9.53 Å². The van der Waals surface area contributed by atoms with Gasteiger partial charge in [-0.1, -0.05) is 0 Å². The molecule has 2 N–H and O–H groups in total. The van der Waals surface area contributed by atoms with Crippen LogP contribution in [-0.2, 0) is 9.53 Å². The van der Waals surface area contributed by atoms with E-state index in [4.69, 9.17) is 10.5 Å². The van der Waals surface area contributed by atoms with Gasteiger partial charge in [-0.05, 0) is 19.9 Å². The number of carbonyl (C=O) groups is 1. The van der Waals surface area contributed by atoms with E-state index in [2.05, 4.69) is 5.10 Å². The van der Waals surface area contributed by atoms with Crippen LogP contribution in [0.5, 0.6) is 0 Å². The molecule has 0 saturated heterocycles. The van der Waals surface area contributed by atoms with Crippen molar-refractivity contribution in [2.75, 3.05) is 13.7 Å². The molecule has 84 valence electrons. The van der Waals surface area contributed by atoms with Crippen LogP contribution in [0.2, 0.25) is 0 Å². The van der Waals surface area contributed by atoms with Crippen LogP contribution < -0.4 is 5.73 Å². The summed E-state index contributed by atoms with van der Waals surface area (Å²) in [6, 6.07) is 2.00. The molecule has 0 aliphatic heterocycles. The highest BCUT2D eigenvalue weighted by atomic mass is 16.5. The molecule has 5 nitrogen and oxygen atoms in total. The van der Waals surface area contributed by atoms with Crippen molar-refractivity contribution >= 4 is 5.97 Å². The Labute approximate surface area is 89.2 Å². The van der Waals surface area contributed by atoms with Gasteiger partial charge in [0.25, 0.3) is 0 Å². The second kappa shape index (κ2) is 4.93. The number of rotatable bonds is 4. The summed E-state index contributed by atoms with van der Waals surface area (Å²) in [5, 5.41) is 4.15. The van der Waals surface area contributed by atoms with Gasteiger partial charge in [0, 0.05) is 18.8 Å².